The monoisotopic (exact) mass is 364 g/mol. The number of hydrogen-bond donors (Lipinski definition) is 0. The molecule has 2 aromatic heterocycles. The van der Waals surface area contributed by atoms with Gasteiger partial charge >= 0.3 is 0 Å². The highest BCUT2D eigenvalue weighted by atomic mass is 16.5. The first-order valence-electron chi connectivity index (χ1n) is 9.39. The molecule has 4 rings (SSSR count). The topological polar surface area (TPSA) is 64.2 Å². The van der Waals surface area contributed by atoms with Crippen molar-refractivity contribution in [1.29, 1.82) is 0 Å². The van der Waals surface area contributed by atoms with Gasteiger partial charge in [0.15, 0.2) is 0 Å². The molecule has 6 nitrogen and oxygen atoms in total. The molecular formula is C21H24N4O2. The highest BCUT2D eigenvalue weighted by Crippen LogP contribution is 2.19. The average molecular weight is 364 g/mol. The highest BCUT2D eigenvalue weighted by molar-refractivity contribution is 5.76. The van der Waals surface area contributed by atoms with Crippen LogP contribution < -0.4 is 0 Å². The minimum Gasteiger partial charge on any atom is -0.361 e. The number of benzene rings is 1. The Morgan fingerprint density at radius 1 is 1.19 bits per heavy atom. The molecule has 0 radical (unpaired) electrons. The van der Waals surface area contributed by atoms with Gasteiger partial charge in [-0.3, -0.25) is 9.48 Å². The van der Waals surface area contributed by atoms with Crippen molar-refractivity contribution in [3.8, 4) is 0 Å². The fraction of sp³-hybridized carbons (Fsp3) is 0.381. The van der Waals surface area contributed by atoms with E-state index in [9.17, 15) is 4.79 Å². The van der Waals surface area contributed by atoms with E-state index in [4.69, 9.17) is 9.62 Å². The Hall–Kier alpha value is -2.89. The van der Waals surface area contributed by atoms with Crippen molar-refractivity contribution in [2.24, 2.45) is 0 Å². The molecule has 0 atom stereocenters. The molecule has 1 aliphatic rings. The van der Waals surface area contributed by atoms with Gasteiger partial charge in [0.2, 0.25) is 5.91 Å². The maximum atomic E-state index is 12.7. The third-order valence-corrected chi connectivity index (χ3v) is 5.20. The number of amides is 1. The summed E-state index contributed by atoms with van der Waals surface area (Å²) in [6.07, 6.45) is 1.98. The van der Waals surface area contributed by atoms with Crippen LogP contribution >= 0.6 is 0 Å². The SMILES string of the molecule is Cc1noc(C)c1CCC(=O)N1CCn2nc(Cc3ccccc3)cc2C1. The average Bonchev–Trinajstić information content (AvgIpc) is 3.22. The zero-order valence-corrected chi connectivity index (χ0v) is 15.8. The zero-order valence-electron chi connectivity index (χ0n) is 15.8. The molecule has 27 heavy (non-hydrogen) atoms. The Labute approximate surface area is 158 Å². The summed E-state index contributed by atoms with van der Waals surface area (Å²) in [4.78, 5) is 14.6. The number of aryl methyl sites for hydroxylation is 2. The summed E-state index contributed by atoms with van der Waals surface area (Å²) in [5, 5.41) is 8.67. The lowest BCUT2D eigenvalue weighted by Gasteiger charge is -2.27. The van der Waals surface area contributed by atoms with E-state index in [-0.39, 0.29) is 5.91 Å². The Morgan fingerprint density at radius 2 is 2.00 bits per heavy atom. The Balaban J connectivity index is 1.38. The Morgan fingerprint density at radius 3 is 2.74 bits per heavy atom. The molecule has 3 heterocycles. The molecule has 0 spiro atoms. The van der Waals surface area contributed by atoms with Crippen molar-refractivity contribution in [2.75, 3.05) is 6.54 Å². The van der Waals surface area contributed by atoms with Crippen LogP contribution in [0.3, 0.4) is 0 Å². The van der Waals surface area contributed by atoms with E-state index in [0.717, 1.165) is 41.4 Å². The molecule has 0 aliphatic carbocycles. The minimum atomic E-state index is 0.173. The summed E-state index contributed by atoms with van der Waals surface area (Å²) < 4.78 is 7.22. The number of hydrogen-bond acceptors (Lipinski definition) is 4. The third-order valence-electron chi connectivity index (χ3n) is 5.20. The molecule has 3 aromatic rings. The standard InChI is InChI=1S/C21H24N4O2/c1-15-20(16(2)27-23-15)8-9-21(26)24-10-11-25-19(14-24)13-18(22-25)12-17-6-4-3-5-7-17/h3-7,13H,8-12,14H2,1-2H3. The molecule has 6 heteroatoms. The molecule has 1 aliphatic heterocycles. The summed E-state index contributed by atoms with van der Waals surface area (Å²) >= 11 is 0. The maximum Gasteiger partial charge on any atom is 0.223 e. The van der Waals surface area contributed by atoms with E-state index < -0.39 is 0 Å². The minimum absolute atomic E-state index is 0.173. The van der Waals surface area contributed by atoms with Crippen LogP contribution in [-0.2, 0) is 30.7 Å². The quantitative estimate of drug-likeness (QED) is 0.698. The van der Waals surface area contributed by atoms with Gasteiger partial charge in [-0.05, 0) is 31.9 Å². The van der Waals surface area contributed by atoms with Gasteiger partial charge in [-0.15, -0.1) is 0 Å². The molecule has 1 aromatic carbocycles. The summed E-state index contributed by atoms with van der Waals surface area (Å²) in [5.74, 6) is 0.981. The number of rotatable bonds is 5. The fourth-order valence-corrected chi connectivity index (χ4v) is 3.68. The smallest absolute Gasteiger partial charge is 0.223 e. The normalized spacial score (nSPS) is 13.6. The predicted molar refractivity (Wildman–Crippen MR) is 101 cm³/mol. The van der Waals surface area contributed by atoms with E-state index in [2.05, 4.69) is 23.4 Å². The maximum absolute atomic E-state index is 12.7. The van der Waals surface area contributed by atoms with E-state index in [1.54, 1.807) is 0 Å². The van der Waals surface area contributed by atoms with E-state index >= 15 is 0 Å². The second-order valence-electron chi connectivity index (χ2n) is 7.13. The predicted octanol–water partition coefficient (Wildman–Crippen LogP) is 3.05. The van der Waals surface area contributed by atoms with Crippen molar-refractivity contribution in [3.05, 3.63) is 70.4 Å². The second-order valence-corrected chi connectivity index (χ2v) is 7.13. The summed E-state index contributed by atoms with van der Waals surface area (Å²) in [6, 6.07) is 12.5. The molecular weight excluding hydrogens is 340 g/mol. The highest BCUT2D eigenvalue weighted by Gasteiger charge is 2.23. The van der Waals surface area contributed by atoms with Crippen LogP contribution in [0, 0.1) is 13.8 Å². The molecule has 0 saturated heterocycles. The van der Waals surface area contributed by atoms with E-state index in [0.29, 0.717) is 25.9 Å². The number of carbonyl (C=O) groups excluding carboxylic acids is 1. The van der Waals surface area contributed by atoms with Crippen LogP contribution in [0.15, 0.2) is 40.9 Å². The molecule has 0 N–H and O–H groups in total. The lowest BCUT2D eigenvalue weighted by atomic mass is 10.1. The van der Waals surface area contributed by atoms with Gasteiger partial charge in [0.25, 0.3) is 0 Å². The molecule has 0 bridgehead atoms. The molecule has 140 valence electrons. The molecule has 0 fully saturated rings. The Bertz CT molecular complexity index is 923. The number of aromatic nitrogens is 3. The Kier molecular flexibility index (Phi) is 4.79. The number of carbonyl (C=O) groups is 1. The molecule has 0 saturated carbocycles. The molecule has 1 amide bonds. The summed E-state index contributed by atoms with van der Waals surface area (Å²) in [7, 11) is 0. The van der Waals surface area contributed by atoms with Crippen molar-refractivity contribution < 1.29 is 9.32 Å². The number of nitrogens with zero attached hydrogens (tertiary/aromatic N) is 4. The van der Waals surface area contributed by atoms with Crippen LogP contribution in [0.5, 0.6) is 0 Å². The second kappa shape index (κ2) is 7.39. The first-order chi connectivity index (χ1) is 13.1. The zero-order chi connectivity index (χ0) is 18.8. The van der Waals surface area contributed by atoms with Crippen LogP contribution in [0.1, 0.15) is 40.4 Å². The van der Waals surface area contributed by atoms with Gasteiger partial charge < -0.3 is 9.42 Å². The van der Waals surface area contributed by atoms with Crippen LogP contribution in [-0.4, -0.2) is 32.3 Å². The first kappa shape index (κ1) is 17.5. The summed E-state index contributed by atoms with van der Waals surface area (Å²) in [5.41, 5.74) is 5.34. The van der Waals surface area contributed by atoms with Crippen molar-refractivity contribution >= 4 is 5.91 Å². The number of fused-ring (bicyclic) bond motifs is 1. The largest absolute Gasteiger partial charge is 0.361 e. The van der Waals surface area contributed by atoms with E-state index in [1.807, 2.05) is 41.6 Å². The van der Waals surface area contributed by atoms with Gasteiger partial charge in [-0.2, -0.15) is 5.10 Å². The van der Waals surface area contributed by atoms with Crippen LogP contribution in [0.4, 0.5) is 0 Å². The fourth-order valence-electron chi connectivity index (χ4n) is 3.68. The molecule has 0 unspecified atom stereocenters. The van der Waals surface area contributed by atoms with Gasteiger partial charge in [0, 0.05) is 24.9 Å². The van der Waals surface area contributed by atoms with Gasteiger partial charge in [-0.25, -0.2) is 0 Å². The van der Waals surface area contributed by atoms with Crippen molar-refractivity contribution in [1.82, 2.24) is 19.8 Å². The first-order valence-corrected chi connectivity index (χ1v) is 9.39. The van der Waals surface area contributed by atoms with E-state index in [1.165, 1.54) is 5.56 Å². The van der Waals surface area contributed by atoms with Gasteiger partial charge in [0.1, 0.15) is 5.76 Å². The lowest BCUT2D eigenvalue weighted by Crippen LogP contribution is -2.38. The van der Waals surface area contributed by atoms with Crippen LogP contribution in [0.25, 0.3) is 0 Å². The summed E-state index contributed by atoms with van der Waals surface area (Å²) in [6.45, 7) is 5.90. The van der Waals surface area contributed by atoms with Crippen molar-refractivity contribution in [3.63, 3.8) is 0 Å². The van der Waals surface area contributed by atoms with Crippen molar-refractivity contribution in [2.45, 2.75) is 46.2 Å². The van der Waals surface area contributed by atoms with Gasteiger partial charge in [-0.1, -0.05) is 35.5 Å². The third kappa shape index (κ3) is 3.79. The lowest BCUT2D eigenvalue weighted by molar-refractivity contribution is -0.132. The van der Waals surface area contributed by atoms with Gasteiger partial charge in [0.05, 0.1) is 30.2 Å². The van der Waals surface area contributed by atoms with Crippen LogP contribution in [0.2, 0.25) is 0 Å².